The van der Waals surface area contributed by atoms with Gasteiger partial charge in [0.05, 0.1) is 10.2 Å². The summed E-state index contributed by atoms with van der Waals surface area (Å²) < 4.78 is 1.04. The minimum Gasteiger partial charge on any atom is -0.287 e. The van der Waals surface area contributed by atoms with Crippen LogP contribution in [0.15, 0.2) is 54.6 Å². The van der Waals surface area contributed by atoms with Gasteiger partial charge in [0.15, 0.2) is 5.01 Å². The van der Waals surface area contributed by atoms with E-state index in [2.05, 4.69) is 31.0 Å². The molecule has 1 heterocycles. The number of fused-ring (bicyclic) bond motifs is 1. The van der Waals surface area contributed by atoms with Crippen LogP contribution < -0.4 is 0 Å². The van der Waals surface area contributed by atoms with Crippen molar-refractivity contribution in [2.45, 2.75) is 19.8 Å². The van der Waals surface area contributed by atoms with Crippen LogP contribution in [-0.2, 0) is 0 Å². The van der Waals surface area contributed by atoms with Crippen molar-refractivity contribution in [3.05, 3.63) is 70.7 Å². The lowest BCUT2D eigenvalue weighted by atomic mass is 10.0. The van der Waals surface area contributed by atoms with Crippen LogP contribution in [0.25, 0.3) is 16.3 Å². The number of carbonyl (C=O) groups is 1. The Morgan fingerprint density at radius 2 is 1.82 bits per heavy atom. The van der Waals surface area contributed by atoms with Crippen molar-refractivity contribution in [3.8, 4) is 0 Å². The molecule has 0 bridgehead atoms. The summed E-state index contributed by atoms with van der Waals surface area (Å²) in [6.07, 6.45) is 3.45. The van der Waals surface area contributed by atoms with E-state index in [1.807, 2.05) is 42.5 Å². The highest BCUT2D eigenvalue weighted by molar-refractivity contribution is 7.20. The van der Waals surface area contributed by atoms with Gasteiger partial charge in [0, 0.05) is 0 Å². The summed E-state index contributed by atoms with van der Waals surface area (Å²) in [6.45, 7) is 4.34. The molecule has 0 aliphatic carbocycles. The summed E-state index contributed by atoms with van der Waals surface area (Å²) in [5, 5.41) is 0.538. The average Bonchev–Trinajstić information content (AvgIpc) is 2.97. The maximum absolute atomic E-state index is 12.2. The molecule has 0 fully saturated rings. The maximum atomic E-state index is 12.2. The van der Waals surface area contributed by atoms with E-state index in [9.17, 15) is 4.79 Å². The SMILES string of the molecule is CC(C)c1ccc(/C=C/C(=O)c2nc3ccccc3s2)cc1. The molecule has 110 valence electrons. The van der Waals surface area contributed by atoms with Crippen LogP contribution in [0.2, 0.25) is 0 Å². The third-order valence-electron chi connectivity index (χ3n) is 3.53. The summed E-state index contributed by atoms with van der Waals surface area (Å²) in [5.41, 5.74) is 3.21. The monoisotopic (exact) mass is 307 g/mol. The molecule has 0 N–H and O–H groups in total. The summed E-state index contributed by atoms with van der Waals surface area (Å²) in [4.78, 5) is 16.6. The van der Waals surface area contributed by atoms with Gasteiger partial charge in [0.25, 0.3) is 0 Å². The Hall–Kier alpha value is -2.26. The molecule has 0 radical (unpaired) electrons. The predicted molar refractivity (Wildman–Crippen MR) is 93.5 cm³/mol. The van der Waals surface area contributed by atoms with Gasteiger partial charge in [-0.2, -0.15) is 0 Å². The van der Waals surface area contributed by atoms with Gasteiger partial charge < -0.3 is 0 Å². The van der Waals surface area contributed by atoms with E-state index in [1.165, 1.54) is 16.9 Å². The van der Waals surface area contributed by atoms with E-state index >= 15 is 0 Å². The topological polar surface area (TPSA) is 30.0 Å². The molecule has 0 aliphatic rings. The Morgan fingerprint density at radius 1 is 1.09 bits per heavy atom. The van der Waals surface area contributed by atoms with Gasteiger partial charge in [-0.05, 0) is 35.3 Å². The fourth-order valence-corrected chi connectivity index (χ4v) is 3.10. The number of para-hydroxylation sites is 1. The number of thiazole rings is 1. The second-order valence-electron chi connectivity index (χ2n) is 5.51. The van der Waals surface area contributed by atoms with Crippen molar-refractivity contribution in [1.82, 2.24) is 4.98 Å². The van der Waals surface area contributed by atoms with Crippen molar-refractivity contribution >= 4 is 33.4 Å². The molecule has 0 unspecified atom stereocenters. The minimum absolute atomic E-state index is 0.0471. The van der Waals surface area contributed by atoms with E-state index < -0.39 is 0 Å². The predicted octanol–water partition coefficient (Wildman–Crippen LogP) is 5.32. The van der Waals surface area contributed by atoms with Gasteiger partial charge in [-0.15, -0.1) is 11.3 Å². The molecule has 3 heteroatoms. The molecule has 3 aromatic rings. The number of nitrogens with zero attached hydrogens (tertiary/aromatic N) is 1. The second-order valence-corrected chi connectivity index (χ2v) is 6.54. The van der Waals surface area contributed by atoms with Crippen LogP contribution in [-0.4, -0.2) is 10.8 Å². The number of aromatic nitrogens is 1. The number of carbonyl (C=O) groups excluding carboxylic acids is 1. The number of hydrogen-bond donors (Lipinski definition) is 0. The van der Waals surface area contributed by atoms with Crippen LogP contribution in [0.5, 0.6) is 0 Å². The summed E-state index contributed by atoms with van der Waals surface area (Å²) >= 11 is 1.43. The van der Waals surface area contributed by atoms with Crippen molar-refractivity contribution in [2.75, 3.05) is 0 Å². The number of rotatable bonds is 4. The Balaban J connectivity index is 1.78. The molecular formula is C19H17NOS. The lowest BCUT2D eigenvalue weighted by Crippen LogP contribution is -1.92. The molecule has 0 saturated heterocycles. The Kier molecular flexibility index (Phi) is 4.16. The van der Waals surface area contributed by atoms with E-state index in [1.54, 1.807) is 6.08 Å². The van der Waals surface area contributed by atoms with Gasteiger partial charge in [-0.3, -0.25) is 4.79 Å². The number of allylic oxidation sites excluding steroid dienone is 1. The highest BCUT2D eigenvalue weighted by Gasteiger charge is 2.08. The third kappa shape index (κ3) is 3.15. The van der Waals surface area contributed by atoms with Crippen LogP contribution in [0.1, 0.15) is 40.7 Å². The normalized spacial score (nSPS) is 11.6. The van der Waals surface area contributed by atoms with Gasteiger partial charge in [0.1, 0.15) is 0 Å². The van der Waals surface area contributed by atoms with E-state index in [-0.39, 0.29) is 5.78 Å². The lowest BCUT2D eigenvalue weighted by Gasteiger charge is -2.04. The van der Waals surface area contributed by atoms with E-state index in [0.29, 0.717) is 10.9 Å². The number of benzene rings is 2. The second kappa shape index (κ2) is 6.24. The van der Waals surface area contributed by atoms with Crippen LogP contribution in [0.4, 0.5) is 0 Å². The van der Waals surface area contributed by atoms with E-state index in [4.69, 9.17) is 0 Å². The van der Waals surface area contributed by atoms with Crippen LogP contribution in [0, 0.1) is 0 Å². The quantitative estimate of drug-likeness (QED) is 0.482. The fourth-order valence-electron chi connectivity index (χ4n) is 2.21. The minimum atomic E-state index is -0.0471. The highest BCUT2D eigenvalue weighted by atomic mass is 32.1. The van der Waals surface area contributed by atoms with E-state index in [0.717, 1.165) is 15.8 Å². The first-order valence-electron chi connectivity index (χ1n) is 7.31. The first kappa shape index (κ1) is 14.7. The number of hydrogen-bond acceptors (Lipinski definition) is 3. The number of ketones is 1. The van der Waals surface area contributed by atoms with Gasteiger partial charge in [-0.1, -0.05) is 56.3 Å². The Morgan fingerprint density at radius 3 is 2.50 bits per heavy atom. The molecule has 3 rings (SSSR count). The van der Waals surface area contributed by atoms with Crippen molar-refractivity contribution < 1.29 is 4.79 Å². The molecule has 0 aliphatic heterocycles. The van der Waals surface area contributed by atoms with Crippen LogP contribution >= 0.6 is 11.3 Å². The van der Waals surface area contributed by atoms with Gasteiger partial charge >= 0.3 is 0 Å². The summed E-state index contributed by atoms with van der Waals surface area (Å²) in [5.74, 6) is 0.469. The van der Waals surface area contributed by atoms with Gasteiger partial charge in [0.2, 0.25) is 5.78 Å². The summed E-state index contributed by atoms with van der Waals surface area (Å²) in [6, 6.07) is 16.1. The third-order valence-corrected chi connectivity index (χ3v) is 4.59. The molecule has 2 aromatic carbocycles. The van der Waals surface area contributed by atoms with Crippen LogP contribution in [0.3, 0.4) is 0 Å². The lowest BCUT2D eigenvalue weighted by molar-refractivity contribution is 0.104. The van der Waals surface area contributed by atoms with Gasteiger partial charge in [-0.25, -0.2) is 4.98 Å². The smallest absolute Gasteiger partial charge is 0.214 e. The molecular weight excluding hydrogens is 290 g/mol. The first-order chi connectivity index (χ1) is 10.6. The largest absolute Gasteiger partial charge is 0.287 e. The zero-order valence-corrected chi connectivity index (χ0v) is 13.4. The molecule has 0 spiro atoms. The molecule has 0 amide bonds. The Labute approximate surface area is 134 Å². The molecule has 0 saturated carbocycles. The zero-order valence-electron chi connectivity index (χ0n) is 12.6. The summed E-state index contributed by atoms with van der Waals surface area (Å²) in [7, 11) is 0. The van der Waals surface area contributed by atoms with Crippen molar-refractivity contribution in [2.24, 2.45) is 0 Å². The maximum Gasteiger partial charge on any atom is 0.214 e. The fraction of sp³-hybridized carbons (Fsp3) is 0.158. The average molecular weight is 307 g/mol. The standard InChI is InChI=1S/C19H17NOS/c1-13(2)15-10-7-14(8-11-15)9-12-17(21)19-20-16-5-3-4-6-18(16)22-19/h3-13H,1-2H3/b12-9+. The first-order valence-corrected chi connectivity index (χ1v) is 8.13. The molecule has 2 nitrogen and oxygen atoms in total. The van der Waals surface area contributed by atoms with Crippen molar-refractivity contribution in [3.63, 3.8) is 0 Å². The molecule has 22 heavy (non-hydrogen) atoms. The Bertz CT molecular complexity index is 795. The molecule has 0 atom stereocenters. The molecule has 1 aromatic heterocycles. The zero-order chi connectivity index (χ0) is 15.5. The van der Waals surface area contributed by atoms with Crippen molar-refractivity contribution in [1.29, 1.82) is 0 Å². The highest BCUT2D eigenvalue weighted by Crippen LogP contribution is 2.22.